The lowest BCUT2D eigenvalue weighted by Gasteiger charge is -2.39. The molecule has 1 saturated heterocycles. The minimum Gasteiger partial charge on any atom is -0.387 e. The van der Waals surface area contributed by atoms with E-state index in [9.17, 15) is 4.79 Å². The third-order valence-corrected chi connectivity index (χ3v) is 5.10. The molecule has 1 heterocycles. The zero-order chi connectivity index (χ0) is 16.9. The second-order valence-electron chi connectivity index (χ2n) is 6.93. The molecule has 0 aromatic carbocycles. The van der Waals surface area contributed by atoms with Gasteiger partial charge in [-0.3, -0.25) is 9.69 Å². The van der Waals surface area contributed by atoms with E-state index in [0.717, 1.165) is 26.2 Å². The third kappa shape index (κ3) is 8.16. The van der Waals surface area contributed by atoms with Crippen molar-refractivity contribution >= 4 is 5.91 Å². The van der Waals surface area contributed by atoms with Crippen LogP contribution in [-0.4, -0.2) is 59.6 Å². The Balaban J connectivity index is 2.37. The maximum atomic E-state index is 11.6. The smallest absolute Gasteiger partial charge is 0.248 e. The molecule has 0 spiro atoms. The van der Waals surface area contributed by atoms with Crippen molar-refractivity contribution in [2.45, 2.75) is 84.1 Å². The molecular formula is C19H38N2O2. The van der Waals surface area contributed by atoms with Crippen LogP contribution in [0.15, 0.2) is 0 Å². The zero-order valence-electron chi connectivity index (χ0n) is 15.4. The Bertz CT molecular complexity index is 302. The number of amides is 1. The predicted octanol–water partition coefficient (Wildman–Crippen LogP) is 3.43. The highest BCUT2D eigenvalue weighted by molar-refractivity contribution is 5.77. The molecule has 1 fully saturated rings. The lowest BCUT2D eigenvalue weighted by Crippen LogP contribution is -2.52. The Labute approximate surface area is 143 Å². The average Bonchev–Trinajstić information content (AvgIpc) is 2.59. The quantitative estimate of drug-likeness (QED) is 0.559. The summed E-state index contributed by atoms with van der Waals surface area (Å²) >= 11 is 0. The fourth-order valence-electron chi connectivity index (χ4n) is 3.56. The number of aliphatic hydroxyl groups is 1. The molecule has 1 rings (SSSR count). The highest BCUT2D eigenvalue weighted by atomic mass is 16.3. The first-order valence-electron chi connectivity index (χ1n) is 9.85. The molecule has 1 N–H and O–H groups in total. The standard InChI is InChI=1S/C19H38N2O2/c1-3-5-7-8-10-12-18(11-9-6-4-2)20-13-15-21(16-14-20)19(23)17-22/h18,22H,3-17H2,1-2H3. The lowest BCUT2D eigenvalue weighted by molar-refractivity contribution is -0.136. The van der Waals surface area contributed by atoms with E-state index in [4.69, 9.17) is 5.11 Å². The molecule has 1 amide bonds. The number of unbranched alkanes of at least 4 members (excludes halogenated alkanes) is 6. The first kappa shape index (κ1) is 20.4. The van der Waals surface area contributed by atoms with E-state index in [2.05, 4.69) is 18.7 Å². The van der Waals surface area contributed by atoms with E-state index in [0.29, 0.717) is 6.04 Å². The number of hydrogen-bond donors (Lipinski definition) is 1. The van der Waals surface area contributed by atoms with Gasteiger partial charge in [0.1, 0.15) is 6.61 Å². The van der Waals surface area contributed by atoms with Crippen molar-refractivity contribution in [3.8, 4) is 0 Å². The summed E-state index contributed by atoms with van der Waals surface area (Å²) in [7, 11) is 0. The van der Waals surface area contributed by atoms with E-state index in [1.807, 2.05) is 0 Å². The zero-order valence-corrected chi connectivity index (χ0v) is 15.4. The Morgan fingerprint density at radius 1 is 0.870 bits per heavy atom. The van der Waals surface area contributed by atoms with Gasteiger partial charge in [-0.15, -0.1) is 0 Å². The molecule has 1 aliphatic rings. The molecule has 1 unspecified atom stereocenters. The Kier molecular flexibility index (Phi) is 11.3. The van der Waals surface area contributed by atoms with Gasteiger partial charge < -0.3 is 10.0 Å². The summed E-state index contributed by atoms with van der Waals surface area (Å²) in [4.78, 5) is 16.0. The predicted molar refractivity (Wildman–Crippen MR) is 96.5 cm³/mol. The molecule has 1 aliphatic heterocycles. The van der Waals surface area contributed by atoms with Crippen LogP contribution in [0.2, 0.25) is 0 Å². The number of piperazine rings is 1. The highest BCUT2D eigenvalue weighted by Crippen LogP contribution is 2.19. The first-order valence-corrected chi connectivity index (χ1v) is 9.85. The normalized spacial score (nSPS) is 17.4. The summed E-state index contributed by atoms with van der Waals surface area (Å²) in [5.74, 6) is -0.119. The van der Waals surface area contributed by atoms with Gasteiger partial charge in [-0.1, -0.05) is 65.2 Å². The van der Waals surface area contributed by atoms with E-state index < -0.39 is 0 Å². The third-order valence-electron chi connectivity index (χ3n) is 5.10. The van der Waals surface area contributed by atoms with Gasteiger partial charge in [0.05, 0.1) is 0 Å². The first-order chi connectivity index (χ1) is 11.2. The number of hydrogen-bond acceptors (Lipinski definition) is 3. The number of carbonyl (C=O) groups excluding carboxylic acids is 1. The highest BCUT2D eigenvalue weighted by Gasteiger charge is 2.25. The summed E-state index contributed by atoms with van der Waals surface area (Å²) in [6.07, 6.45) is 13.3. The second-order valence-corrected chi connectivity index (χ2v) is 6.93. The van der Waals surface area contributed by atoms with Gasteiger partial charge in [0.2, 0.25) is 5.91 Å². The van der Waals surface area contributed by atoms with Crippen molar-refractivity contribution in [2.24, 2.45) is 0 Å². The largest absolute Gasteiger partial charge is 0.387 e. The monoisotopic (exact) mass is 326 g/mol. The molecule has 4 heteroatoms. The van der Waals surface area contributed by atoms with Gasteiger partial charge in [0.25, 0.3) is 0 Å². The lowest BCUT2D eigenvalue weighted by atomic mass is 9.99. The topological polar surface area (TPSA) is 43.8 Å². The van der Waals surface area contributed by atoms with Crippen LogP contribution in [0, 0.1) is 0 Å². The minimum absolute atomic E-state index is 0.119. The van der Waals surface area contributed by atoms with Crippen LogP contribution in [-0.2, 0) is 4.79 Å². The second kappa shape index (κ2) is 12.8. The van der Waals surface area contributed by atoms with Crippen LogP contribution in [0.25, 0.3) is 0 Å². The average molecular weight is 327 g/mol. The summed E-state index contributed by atoms with van der Waals surface area (Å²) in [5, 5.41) is 8.99. The van der Waals surface area contributed by atoms with Crippen molar-refractivity contribution in [1.82, 2.24) is 9.80 Å². The molecule has 0 saturated carbocycles. The van der Waals surface area contributed by atoms with E-state index >= 15 is 0 Å². The SMILES string of the molecule is CCCCCCCC(CCCCC)N1CCN(C(=O)CO)CC1. The summed E-state index contributed by atoms with van der Waals surface area (Å²) in [6.45, 7) is 7.67. The van der Waals surface area contributed by atoms with Crippen LogP contribution in [0.3, 0.4) is 0 Å². The molecule has 136 valence electrons. The number of aliphatic hydroxyl groups excluding tert-OH is 1. The molecule has 4 nitrogen and oxygen atoms in total. The number of carbonyl (C=O) groups is 1. The molecule has 0 bridgehead atoms. The molecule has 0 aromatic heterocycles. The molecule has 1 atom stereocenters. The van der Waals surface area contributed by atoms with Crippen LogP contribution >= 0.6 is 0 Å². The Hall–Kier alpha value is -0.610. The van der Waals surface area contributed by atoms with Gasteiger partial charge in [0, 0.05) is 32.2 Å². The molecule has 0 radical (unpaired) electrons. The fourth-order valence-corrected chi connectivity index (χ4v) is 3.56. The van der Waals surface area contributed by atoms with Crippen LogP contribution < -0.4 is 0 Å². The Morgan fingerprint density at radius 2 is 1.39 bits per heavy atom. The number of rotatable bonds is 12. The van der Waals surface area contributed by atoms with Gasteiger partial charge in [-0.2, -0.15) is 0 Å². The summed E-state index contributed by atoms with van der Waals surface area (Å²) < 4.78 is 0. The van der Waals surface area contributed by atoms with Crippen molar-refractivity contribution < 1.29 is 9.90 Å². The van der Waals surface area contributed by atoms with Gasteiger partial charge in [-0.25, -0.2) is 0 Å². The van der Waals surface area contributed by atoms with Gasteiger partial charge in [-0.05, 0) is 12.8 Å². The minimum atomic E-state index is -0.350. The fraction of sp³-hybridized carbons (Fsp3) is 0.947. The van der Waals surface area contributed by atoms with Crippen molar-refractivity contribution in [2.75, 3.05) is 32.8 Å². The summed E-state index contributed by atoms with van der Waals surface area (Å²) in [5.41, 5.74) is 0. The van der Waals surface area contributed by atoms with E-state index in [1.165, 1.54) is 64.2 Å². The van der Waals surface area contributed by atoms with Crippen LogP contribution in [0.4, 0.5) is 0 Å². The molecule has 0 aromatic rings. The molecule has 0 aliphatic carbocycles. The van der Waals surface area contributed by atoms with Crippen molar-refractivity contribution in [1.29, 1.82) is 0 Å². The van der Waals surface area contributed by atoms with Crippen molar-refractivity contribution in [3.63, 3.8) is 0 Å². The molecular weight excluding hydrogens is 288 g/mol. The van der Waals surface area contributed by atoms with E-state index in [1.54, 1.807) is 4.90 Å². The molecule has 23 heavy (non-hydrogen) atoms. The van der Waals surface area contributed by atoms with Crippen LogP contribution in [0.5, 0.6) is 0 Å². The van der Waals surface area contributed by atoms with Gasteiger partial charge >= 0.3 is 0 Å². The maximum Gasteiger partial charge on any atom is 0.248 e. The van der Waals surface area contributed by atoms with E-state index in [-0.39, 0.29) is 12.5 Å². The summed E-state index contributed by atoms with van der Waals surface area (Å²) in [6, 6.07) is 0.689. The van der Waals surface area contributed by atoms with Crippen LogP contribution in [0.1, 0.15) is 78.1 Å². The number of nitrogens with zero attached hydrogens (tertiary/aromatic N) is 2. The maximum absolute atomic E-state index is 11.6. The van der Waals surface area contributed by atoms with Gasteiger partial charge in [0.15, 0.2) is 0 Å². The van der Waals surface area contributed by atoms with Crippen molar-refractivity contribution in [3.05, 3.63) is 0 Å². The Morgan fingerprint density at radius 3 is 1.96 bits per heavy atom.